The SMILES string of the molecule is O=C1CC(c2c(F)cc(Cl)cc2F)CN1. The van der Waals surface area contributed by atoms with Gasteiger partial charge in [0.15, 0.2) is 0 Å². The fourth-order valence-corrected chi connectivity index (χ4v) is 1.94. The third-order valence-corrected chi connectivity index (χ3v) is 2.65. The molecule has 1 aliphatic rings. The van der Waals surface area contributed by atoms with Crippen molar-refractivity contribution in [3.63, 3.8) is 0 Å². The number of halogens is 3. The Morgan fingerprint density at radius 1 is 1.33 bits per heavy atom. The summed E-state index contributed by atoms with van der Waals surface area (Å²) in [7, 11) is 0. The molecule has 0 saturated carbocycles. The number of hydrogen-bond acceptors (Lipinski definition) is 1. The van der Waals surface area contributed by atoms with Gasteiger partial charge in [0.2, 0.25) is 5.91 Å². The van der Waals surface area contributed by atoms with Gasteiger partial charge in [0.05, 0.1) is 0 Å². The van der Waals surface area contributed by atoms with Crippen LogP contribution in [0.15, 0.2) is 12.1 Å². The van der Waals surface area contributed by atoms with E-state index in [0.717, 1.165) is 12.1 Å². The van der Waals surface area contributed by atoms with Crippen molar-refractivity contribution >= 4 is 17.5 Å². The molecule has 0 aromatic heterocycles. The maximum Gasteiger partial charge on any atom is 0.220 e. The summed E-state index contributed by atoms with van der Waals surface area (Å²) in [6, 6.07) is 2.12. The topological polar surface area (TPSA) is 29.1 Å². The monoisotopic (exact) mass is 231 g/mol. The first-order valence-corrected chi connectivity index (χ1v) is 4.87. The number of carbonyl (C=O) groups is 1. The first kappa shape index (κ1) is 10.4. The Balaban J connectivity index is 2.39. The molecule has 0 radical (unpaired) electrons. The lowest BCUT2D eigenvalue weighted by Gasteiger charge is -2.10. The summed E-state index contributed by atoms with van der Waals surface area (Å²) in [6.45, 7) is 0.272. The third-order valence-electron chi connectivity index (χ3n) is 2.43. The smallest absolute Gasteiger partial charge is 0.220 e. The Hall–Kier alpha value is -1.16. The molecule has 1 aromatic carbocycles. The van der Waals surface area contributed by atoms with Gasteiger partial charge in [0.1, 0.15) is 11.6 Å². The van der Waals surface area contributed by atoms with Crippen LogP contribution in [0.25, 0.3) is 0 Å². The molecule has 1 N–H and O–H groups in total. The number of benzene rings is 1. The van der Waals surface area contributed by atoms with Gasteiger partial charge < -0.3 is 5.32 Å². The Bertz CT molecular complexity index is 399. The standard InChI is InChI=1S/C10H8ClF2NO/c11-6-2-7(12)10(8(13)3-6)5-1-9(15)14-4-5/h2-3,5H,1,4H2,(H,14,15). The minimum absolute atomic E-state index is 0.0195. The van der Waals surface area contributed by atoms with Crippen molar-refractivity contribution in [2.24, 2.45) is 0 Å². The molecule has 2 nitrogen and oxygen atoms in total. The van der Waals surface area contributed by atoms with Crippen molar-refractivity contribution in [1.82, 2.24) is 5.32 Å². The van der Waals surface area contributed by atoms with Crippen molar-refractivity contribution in [2.75, 3.05) is 6.54 Å². The van der Waals surface area contributed by atoms with Crippen molar-refractivity contribution in [1.29, 1.82) is 0 Å². The highest BCUT2D eigenvalue weighted by atomic mass is 35.5. The van der Waals surface area contributed by atoms with Crippen molar-refractivity contribution < 1.29 is 13.6 Å². The maximum absolute atomic E-state index is 13.4. The molecule has 1 atom stereocenters. The summed E-state index contributed by atoms with van der Waals surface area (Å²) < 4.78 is 26.9. The molecule has 1 aliphatic heterocycles. The van der Waals surface area contributed by atoms with Crippen LogP contribution in [0, 0.1) is 11.6 Å². The van der Waals surface area contributed by atoms with Crippen LogP contribution in [-0.2, 0) is 4.79 Å². The number of nitrogens with one attached hydrogen (secondary N) is 1. The molecular weight excluding hydrogens is 224 g/mol. The summed E-state index contributed by atoms with van der Waals surface area (Å²) in [5, 5.41) is 2.55. The Labute approximate surface area is 90.2 Å². The summed E-state index contributed by atoms with van der Waals surface area (Å²) in [5.41, 5.74) is -0.0576. The Kier molecular flexibility index (Phi) is 2.61. The fraction of sp³-hybridized carbons (Fsp3) is 0.300. The van der Waals surface area contributed by atoms with Crippen LogP contribution >= 0.6 is 11.6 Å². The zero-order chi connectivity index (χ0) is 11.0. The molecule has 1 unspecified atom stereocenters. The summed E-state index contributed by atoms with van der Waals surface area (Å²) in [6.07, 6.45) is 0.121. The van der Waals surface area contributed by atoms with Gasteiger partial charge in [-0.25, -0.2) is 8.78 Å². The molecule has 2 rings (SSSR count). The molecule has 0 spiro atoms. The lowest BCUT2D eigenvalue weighted by atomic mass is 9.97. The molecule has 1 heterocycles. The molecule has 1 fully saturated rings. The minimum atomic E-state index is -0.693. The van der Waals surface area contributed by atoms with Gasteiger partial charge in [0, 0.05) is 29.5 Å². The van der Waals surface area contributed by atoms with Gasteiger partial charge in [-0.2, -0.15) is 0 Å². The van der Waals surface area contributed by atoms with Gasteiger partial charge in [-0.15, -0.1) is 0 Å². The van der Waals surface area contributed by atoms with Gasteiger partial charge >= 0.3 is 0 Å². The molecule has 0 bridgehead atoms. The molecule has 80 valence electrons. The minimum Gasteiger partial charge on any atom is -0.355 e. The van der Waals surface area contributed by atoms with Crippen LogP contribution in [0.5, 0.6) is 0 Å². The molecule has 5 heteroatoms. The van der Waals surface area contributed by atoms with Crippen molar-refractivity contribution in [3.05, 3.63) is 34.4 Å². The van der Waals surface area contributed by atoms with Gasteiger partial charge in [-0.05, 0) is 12.1 Å². The Morgan fingerprint density at radius 2 is 1.93 bits per heavy atom. The fourth-order valence-electron chi connectivity index (χ4n) is 1.75. The van der Waals surface area contributed by atoms with E-state index < -0.39 is 17.6 Å². The second-order valence-electron chi connectivity index (χ2n) is 3.49. The Morgan fingerprint density at radius 3 is 2.40 bits per heavy atom. The third kappa shape index (κ3) is 1.95. The second-order valence-corrected chi connectivity index (χ2v) is 3.92. The second kappa shape index (κ2) is 3.77. The summed E-state index contributed by atoms with van der Waals surface area (Å²) in [4.78, 5) is 10.9. The summed E-state index contributed by atoms with van der Waals surface area (Å²) in [5.74, 6) is -2.01. The highest BCUT2D eigenvalue weighted by molar-refractivity contribution is 6.30. The number of carbonyl (C=O) groups excluding carboxylic acids is 1. The van der Waals surface area contributed by atoms with Crippen LogP contribution in [0.1, 0.15) is 17.9 Å². The van der Waals surface area contributed by atoms with Crippen LogP contribution in [0.3, 0.4) is 0 Å². The lowest BCUT2D eigenvalue weighted by molar-refractivity contribution is -0.119. The van der Waals surface area contributed by atoms with Gasteiger partial charge in [-0.3, -0.25) is 4.79 Å². The molecule has 0 aliphatic carbocycles. The highest BCUT2D eigenvalue weighted by Crippen LogP contribution is 2.29. The van der Waals surface area contributed by atoms with E-state index in [1.165, 1.54) is 0 Å². The average molecular weight is 232 g/mol. The normalized spacial score (nSPS) is 20.5. The molecule has 15 heavy (non-hydrogen) atoms. The van der Waals surface area contributed by atoms with E-state index >= 15 is 0 Å². The van der Waals surface area contributed by atoms with E-state index in [4.69, 9.17) is 11.6 Å². The van der Waals surface area contributed by atoms with Crippen LogP contribution in [0.2, 0.25) is 5.02 Å². The molecule has 1 amide bonds. The van der Waals surface area contributed by atoms with E-state index in [0.29, 0.717) is 0 Å². The number of rotatable bonds is 1. The first-order chi connectivity index (χ1) is 7.08. The first-order valence-electron chi connectivity index (χ1n) is 4.49. The van der Waals surface area contributed by atoms with E-state index in [1.807, 2.05) is 0 Å². The zero-order valence-electron chi connectivity index (χ0n) is 7.69. The quantitative estimate of drug-likeness (QED) is 0.789. The van der Waals surface area contributed by atoms with E-state index in [9.17, 15) is 13.6 Å². The van der Waals surface area contributed by atoms with Gasteiger partial charge in [0.25, 0.3) is 0 Å². The molecular formula is C10H8ClF2NO. The van der Waals surface area contributed by atoms with E-state index in [-0.39, 0.29) is 29.5 Å². The van der Waals surface area contributed by atoms with Crippen LogP contribution < -0.4 is 5.32 Å². The predicted molar refractivity (Wildman–Crippen MR) is 51.7 cm³/mol. The van der Waals surface area contributed by atoms with Gasteiger partial charge in [-0.1, -0.05) is 11.6 Å². The van der Waals surface area contributed by atoms with E-state index in [2.05, 4.69) is 5.32 Å². The van der Waals surface area contributed by atoms with Crippen molar-refractivity contribution in [2.45, 2.75) is 12.3 Å². The average Bonchev–Trinajstić information content (AvgIpc) is 2.49. The molecule has 1 saturated heterocycles. The summed E-state index contributed by atoms with van der Waals surface area (Å²) >= 11 is 5.50. The lowest BCUT2D eigenvalue weighted by Crippen LogP contribution is -2.14. The van der Waals surface area contributed by atoms with E-state index in [1.54, 1.807) is 0 Å². The van der Waals surface area contributed by atoms with Crippen LogP contribution in [0.4, 0.5) is 8.78 Å². The maximum atomic E-state index is 13.4. The largest absolute Gasteiger partial charge is 0.355 e. The highest BCUT2D eigenvalue weighted by Gasteiger charge is 2.28. The predicted octanol–water partition coefficient (Wildman–Crippen LogP) is 2.22. The van der Waals surface area contributed by atoms with Crippen molar-refractivity contribution in [3.8, 4) is 0 Å². The van der Waals surface area contributed by atoms with Crippen LogP contribution in [-0.4, -0.2) is 12.5 Å². The zero-order valence-corrected chi connectivity index (χ0v) is 8.44. The molecule has 1 aromatic rings. The number of hydrogen-bond donors (Lipinski definition) is 1. The number of amides is 1.